The van der Waals surface area contributed by atoms with Crippen molar-refractivity contribution in [2.24, 2.45) is 0 Å². The molecule has 1 aliphatic heterocycles. The fraction of sp³-hybridized carbons (Fsp3) is 0.350. The van der Waals surface area contributed by atoms with E-state index in [0.29, 0.717) is 22.3 Å². The normalized spacial score (nSPS) is 15.5. The van der Waals surface area contributed by atoms with Crippen LogP contribution in [-0.2, 0) is 11.3 Å². The largest absolute Gasteiger partial charge is 0.482 e. The Morgan fingerprint density at radius 2 is 1.81 bits per heavy atom. The maximum Gasteiger partial charge on any atom is 0.260 e. The van der Waals surface area contributed by atoms with Gasteiger partial charge in [-0.25, -0.2) is 0 Å². The Morgan fingerprint density at radius 1 is 1.00 bits per heavy atom. The van der Waals surface area contributed by atoms with Crippen LogP contribution in [0.1, 0.15) is 12.0 Å². The standard InChI is InChI=1S/C20H22Cl2N2O2/c21-17-7-8-19(18(22)13-17)26-15-20(25)24-10-4-9-23(11-12-24)14-16-5-2-1-3-6-16/h1-3,5-8,13H,4,9-12,14-15H2. The second-order valence-corrected chi connectivity index (χ2v) is 7.20. The average molecular weight is 393 g/mol. The van der Waals surface area contributed by atoms with Gasteiger partial charge in [-0.15, -0.1) is 0 Å². The molecule has 2 aromatic rings. The van der Waals surface area contributed by atoms with Crippen LogP contribution in [0.2, 0.25) is 10.0 Å². The lowest BCUT2D eigenvalue weighted by molar-refractivity contribution is -0.133. The minimum absolute atomic E-state index is 0.0139. The van der Waals surface area contributed by atoms with Crippen molar-refractivity contribution in [1.82, 2.24) is 9.80 Å². The summed E-state index contributed by atoms with van der Waals surface area (Å²) in [6.07, 6.45) is 0.959. The summed E-state index contributed by atoms with van der Waals surface area (Å²) < 4.78 is 5.57. The van der Waals surface area contributed by atoms with Gasteiger partial charge in [-0.05, 0) is 30.2 Å². The summed E-state index contributed by atoms with van der Waals surface area (Å²) in [4.78, 5) is 16.7. The molecule has 0 radical (unpaired) electrons. The third kappa shape index (κ3) is 5.37. The number of ether oxygens (including phenoxy) is 1. The summed E-state index contributed by atoms with van der Waals surface area (Å²) in [5.41, 5.74) is 1.30. The number of rotatable bonds is 5. The number of carbonyl (C=O) groups is 1. The van der Waals surface area contributed by atoms with E-state index < -0.39 is 0 Å². The van der Waals surface area contributed by atoms with Crippen LogP contribution in [0.25, 0.3) is 0 Å². The molecule has 0 N–H and O–H groups in total. The Bertz CT molecular complexity index is 740. The van der Waals surface area contributed by atoms with Crippen LogP contribution in [0, 0.1) is 0 Å². The highest BCUT2D eigenvalue weighted by Gasteiger charge is 2.20. The molecular weight excluding hydrogens is 371 g/mol. The van der Waals surface area contributed by atoms with E-state index in [1.165, 1.54) is 5.56 Å². The molecule has 1 aliphatic rings. The summed E-state index contributed by atoms with van der Waals surface area (Å²) in [6.45, 7) is 4.22. The number of benzene rings is 2. The highest BCUT2D eigenvalue weighted by Crippen LogP contribution is 2.27. The zero-order chi connectivity index (χ0) is 18.4. The Balaban J connectivity index is 1.49. The summed E-state index contributed by atoms with van der Waals surface area (Å²) >= 11 is 12.0. The number of hydrogen-bond donors (Lipinski definition) is 0. The molecular formula is C20H22Cl2N2O2. The molecule has 1 fully saturated rings. The fourth-order valence-corrected chi connectivity index (χ4v) is 3.51. The Morgan fingerprint density at radius 3 is 2.58 bits per heavy atom. The molecule has 138 valence electrons. The van der Waals surface area contributed by atoms with Crippen molar-refractivity contribution in [2.75, 3.05) is 32.8 Å². The van der Waals surface area contributed by atoms with Gasteiger partial charge in [0.15, 0.2) is 6.61 Å². The van der Waals surface area contributed by atoms with Crippen molar-refractivity contribution >= 4 is 29.1 Å². The van der Waals surface area contributed by atoms with Gasteiger partial charge in [0.2, 0.25) is 0 Å². The SMILES string of the molecule is O=C(COc1ccc(Cl)cc1Cl)N1CCCN(Cc2ccccc2)CC1. The van der Waals surface area contributed by atoms with E-state index in [1.54, 1.807) is 18.2 Å². The van der Waals surface area contributed by atoms with Gasteiger partial charge in [-0.3, -0.25) is 9.69 Å². The lowest BCUT2D eigenvalue weighted by Crippen LogP contribution is -2.38. The number of hydrogen-bond acceptors (Lipinski definition) is 3. The lowest BCUT2D eigenvalue weighted by Gasteiger charge is -2.22. The van der Waals surface area contributed by atoms with E-state index in [-0.39, 0.29) is 12.5 Å². The predicted molar refractivity (Wildman–Crippen MR) is 105 cm³/mol. The molecule has 26 heavy (non-hydrogen) atoms. The van der Waals surface area contributed by atoms with E-state index in [2.05, 4.69) is 29.2 Å². The number of nitrogens with zero attached hydrogens (tertiary/aromatic N) is 2. The first-order valence-electron chi connectivity index (χ1n) is 8.74. The maximum atomic E-state index is 12.5. The summed E-state index contributed by atoms with van der Waals surface area (Å²) in [5.74, 6) is 0.461. The minimum atomic E-state index is -0.0161. The monoisotopic (exact) mass is 392 g/mol. The topological polar surface area (TPSA) is 32.8 Å². The Labute approximate surface area is 164 Å². The maximum absolute atomic E-state index is 12.5. The van der Waals surface area contributed by atoms with Crippen molar-refractivity contribution < 1.29 is 9.53 Å². The van der Waals surface area contributed by atoms with Crippen molar-refractivity contribution in [2.45, 2.75) is 13.0 Å². The van der Waals surface area contributed by atoms with E-state index in [9.17, 15) is 4.79 Å². The second-order valence-electron chi connectivity index (χ2n) is 6.36. The van der Waals surface area contributed by atoms with Gasteiger partial charge in [0, 0.05) is 37.7 Å². The second kappa shape index (κ2) is 9.26. The van der Waals surface area contributed by atoms with Crippen LogP contribution >= 0.6 is 23.2 Å². The van der Waals surface area contributed by atoms with Gasteiger partial charge < -0.3 is 9.64 Å². The van der Waals surface area contributed by atoms with Crippen LogP contribution in [0.5, 0.6) is 5.75 Å². The molecule has 0 saturated carbocycles. The van der Waals surface area contributed by atoms with Crippen molar-refractivity contribution in [3.8, 4) is 5.75 Å². The first-order chi connectivity index (χ1) is 12.6. The molecule has 1 saturated heterocycles. The third-order valence-electron chi connectivity index (χ3n) is 4.44. The van der Waals surface area contributed by atoms with Crippen molar-refractivity contribution in [3.63, 3.8) is 0 Å². The smallest absolute Gasteiger partial charge is 0.260 e. The average Bonchev–Trinajstić information content (AvgIpc) is 2.87. The fourth-order valence-electron chi connectivity index (χ4n) is 3.04. The van der Waals surface area contributed by atoms with Crippen molar-refractivity contribution in [1.29, 1.82) is 0 Å². The third-order valence-corrected chi connectivity index (χ3v) is 4.97. The van der Waals surface area contributed by atoms with Gasteiger partial charge in [-0.2, -0.15) is 0 Å². The van der Waals surface area contributed by atoms with Crippen LogP contribution in [-0.4, -0.2) is 48.5 Å². The van der Waals surface area contributed by atoms with Crippen LogP contribution in [0.15, 0.2) is 48.5 Å². The van der Waals surface area contributed by atoms with E-state index in [0.717, 1.165) is 32.6 Å². The van der Waals surface area contributed by atoms with E-state index in [1.807, 2.05) is 11.0 Å². The molecule has 1 heterocycles. The van der Waals surface area contributed by atoms with Gasteiger partial charge in [0.05, 0.1) is 5.02 Å². The molecule has 0 atom stereocenters. The summed E-state index contributed by atoms with van der Waals surface area (Å²) in [6, 6.07) is 15.4. The first-order valence-corrected chi connectivity index (χ1v) is 9.49. The summed E-state index contributed by atoms with van der Waals surface area (Å²) in [5, 5.41) is 0.954. The first kappa shape index (κ1) is 19.0. The molecule has 0 bridgehead atoms. The van der Waals surface area contributed by atoms with Gasteiger partial charge in [0.25, 0.3) is 5.91 Å². The van der Waals surface area contributed by atoms with Crippen LogP contribution in [0.3, 0.4) is 0 Å². The van der Waals surface area contributed by atoms with E-state index >= 15 is 0 Å². The van der Waals surface area contributed by atoms with Crippen LogP contribution in [0.4, 0.5) is 0 Å². The van der Waals surface area contributed by atoms with Crippen molar-refractivity contribution in [3.05, 3.63) is 64.1 Å². The van der Waals surface area contributed by atoms with Crippen LogP contribution < -0.4 is 4.74 Å². The molecule has 4 nitrogen and oxygen atoms in total. The van der Waals surface area contributed by atoms with E-state index in [4.69, 9.17) is 27.9 Å². The zero-order valence-electron chi connectivity index (χ0n) is 14.5. The lowest BCUT2D eigenvalue weighted by atomic mass is 10.2. The molecule has 1 amide bonds. The molecule has 0 aromatic heterocycles. The molecule has 6 heteroatoms. The molecule has 2 aromatic carbocycles. The molecule has 3 rings (SSSR count). The highest BCUT2D eigenvalue weighted by atomic mass is 35.5. The molecule has 0 spiro atoms. The molecule has 0 unspecified atom stereocenters. The van der Waals surface area contributed by atoms with Gasteiger partial charge in [-0.1, -0.05) is 53.5 Å². The number of carbonyl (C=O) groups excluding carboxylic acids is 1. The Kier molecular flexibility index (Phi) is 6.78. The van der Waals surface area contributed by atoms with Gasteiger partial charge >= 0.3 is 0 Å². The number of halogens is 2. The Hall–Kier alpha value is -1.75. The van der Waals surface area contributed by atoms with Gasteiger partial charge in [0.1, 0.15) is 5.75 Å². The number of amides is 1. The quantitative estimate of drug-likeness (QED) is 0.767. The highest BCUT2D eigenvalue weighted by molar-refractivity contribution is 6.35. The minimum Gasteiger partial charge on any atom is -0.482 e. The molecule has 0 aliphatic carbocycles. The predicted octanol–water partition coefficient (Wildman–Crippen LogP) is 4.11. The summed E-state index contributed by atoms with van der Waals surface area (Å²) in [7, 11) is 0. The zero-order valence-corrected chi connectivity index (χ0v) is 16.0.